The Balaban J connectivity index is 1.44. The van der Waals surface area contributed by atoms with Crippen LogP contribution in [0.5, 0.6) is 34.5 Å². The van der Waals surface area contributed by atoms with E-state index in [1.165, 1.54) is 0 Å². The summed E-state index contributed by atoms with van der Waals surface area (Å²) in [4.78, 5) is 21.5. The number of carbonyl (C=O) groups excluding carboxylic acids is 1. The van der Waals surface area contributed by atoms with Gasteiger partial charge in [-0.1, -0.05) is 18.2 Å². The Bertz CT molecular complexity index is 1730. The molecule has 0 atom stereocenters. The standard InChI is InChI=1S/C33H35N3O7/c1-38-25-13-19(14-26(39-2)32(25)42-5)11-12-29(37)34-18-21-17-23-22-9-7-8-10-24(22)36-31(23)30(35-21)20-15-27(40-3)33(43-6)28(16-20)41-4/h7-10,13-17,36H,11-12,18H2,1-6H3,(H,34,37). The Hall–Kier alpha value is -5.12. The second kappa shape index (κ2) is 12.8. The number of hydrogen-bond acceptors (Lipinski definition) is 8. The third-order valence-electron chi connectivity index (χ3n) is 7.32. The summed E-state index contributed by atoms with van der Waals surface area (Å²) >= 11 is 0. The highest BCUT2D eigenvalue weighted by molar-refractivity contribution is 6.11. The van der Waals surface area contributed by atoms with Gasteiger partial charge < -0.3 is 38.7 Å². The minimum Gasteiger partial charge on any atom is -0.493 e. The molecule has 0 spiro atoms. The zero-order chi connectivity index (χ0) is 30.5. The second-order valence-electron chi connectivity index (χ2n) is 9.78. The Morgan fingerprint density at radius 3 is 1.91 bits per heavy atom. The van der Waals surface area contributed by atoms with E-state index >= 15 is 0 Å². The lowest BCUT2D eigenvalue weighted by molar-refractivity contribution is -0.121. The molecule has 10 nitrogen and oxygen atoms in total. The molecule has 0 aliphatic carbocycles. The van der Waals surface area contributed by atoms with Crippen LogP contribution < -0.4 is 33.7 Å². The number of benzene rings is 3. The van der Waals surface area contributed by atoms with Crippen LogP contribution in [0.25, 0.3) is 33.1 Å². The van der Waals surface area contributed by atoms with Crippen LogP contribution in [0.4, 0.5) is 0 Å². The van der Waals surface area contributed by atoms with Crippen molar-refractivity contribution >= 4 is 27.7 Å². The van der Waals surface area contributed by atoms with E-state index in [0.717, 1.165) is 32.9 Å². The average molecular weight is 586 g/mol. The maximum absolute atomic E-state index is 13.0. The van der Waals surface area contributed by atoms with E-state index in [1.807, 2.05) is 48.5 Å². The Morgan fingerprint density at radius 1 is 0.744 bits per heavy atom. The van der Waals surface area contributed by atoms with Gasteiger partial charge >= 0.3 is 0 Å². The Kier molecular flexibility index (Phi) is 8.75. The fourth-order valence-electron chi connectivity index (χ4n) is 5.23. The number of rotatable bonds is 12. The molecule has 0 aliphatic heterocycles. The van der Waals surface area contributed by atoms with Crippen molar-refractivity contribution < 1.29 is 33.2 Å². The second-order valence-corrected chi connectivity index (χ2v) is 9.78. The van der Waals surface area contributed by atoms with Crippen molar-refractivity contribution in [3.05, 3.63) is 65.9 Å². The lowest BCUT2D eigenvalue weighted by atomic mass is 10.0. The molecule has 0 aliphatic rings. The van der Waals surface area contributed by atoms with Gasteiger partial charge in [-0.05, 0) is 48.4 Å². The predicted molar refractivity (Wildman–Crippen MR) is 165 cm³/mol. The molecular weight excluding hydrogens is 550 g/mol. The first kappa shape index (κ1) is 29.4. The highest BCUT2D eigenvalue weighted by Gasteiger charge is 2.19. The van der Waals surface area contributed by atoms with Crippen LogP contribution in [-0.2, 0) is 17.8 Å². The molecule has 5 aromatic rings. The minimum atomic E-state index is -0.107. The molecule has 2 N–H and O–H groups in total. The Labute approximate surface area is 249 Å². The summed E-state index contributed by atoms with van der Waals surface area (Å²) < 4.78 is 33.0. The normalized spacial score (nSPS) is 10.9. The lowest BCUT2D eigenvalue weighted by Gasteiger charge is -2.15. The maximum Gasteiger partial charge on any atom is 0.220 e. The van der Waals surface area contributed by atoms with Crippen molar-refractivity contribution in [2.24, 2.45) is 0 Å². The zero-order valence-corrected chi connectivity index (χ0v) is 25.1. The number of ether oxygens (including phenoxy) is 6. The first-order valence-electron chi connectivity index (χ1n) is 13.7. The van der Waals surface area contributed by atoms with Crippen molar-refractivity contribution in [1.29, 1.82) is 0 Å². The molecular formula is C33H35N3O7. The van der Waals surface area contributed by atoms with Crippen LogP contribution in [0.2, 0.25) is 0 Å². The number of nitrogens with zero attached hydrogens (tertiary/aromatic N) is 1. The molecule has 2 heterocycles. The zero-order valence-electron chi connectivity index (χ0n) is 25.1. The number of nitrogens with one attached hydrogen (secondary N) is 2. The lowest BCUT2D eigenvalue weighted by Crippen LogP contribution is -2.23. The fraction of sp³-hybridized carbons (Fsp3) is 0.273. The number of aryl methyl sites for hydroxylation is 1. The summed E-state index contributed by atoms with van der Waals surface area (Å²) in [5.41, 5.74) is 4.94. The van der Waals surface area contributed by atoms with Crippen molar-refractivity contribution in [1.82, 2.24) is 15.3 Å². The van der Waals surface area contributed by atoms with Crippen molar-refractivity contribution in [3.63, 3.8) is 0 Å². The van der Waals surface area contributed by atoms with Gasteiger partial charge in [-0.25, -0.2) is 4.98 Å². The van der Waals surface area contributed by atoms with Gasteiger partial charge in [-0.3, -0.25) is 4.79 Å². The van der Waals surface area contributed by atoms with Crippen LogP contribution in [0.3, 0.4) is 0 Å². The predicted octanol–water partition coefficient (Wildman–Crippen LogP) is 5.68. The van der Waals surface area contributed by atoms with Crippen molar-refractivity contribution in [3.8, 4) is 45.8 Å². The average Bonchev–Trinajstić information content (AvgIpc) is 3.43. The first-order valence-corrected chi connectivity index (χ1v) is 13.7. The number of aromatic nitrogens is 2. The quantitative estimate of drug-likeness (QED) is 0.192. The summed E-state index contributed by atoms with van der Waals surface area (Å²) in [5.74, 6) is 3.04. The van der Waals surface area contributed by atoms with E-state index in [-0.39, 0.29) is 18.9 Å². The maximum atomic E-state index is 13.0. The highest BCUT2D eigenvalue weighted by atomic mass is 16.5. The summed E-state index contributed by atoms with van der Waals surface area (Å²) in [6.45, 7) is 0.251. The van der Waals surface area contributed by atoms with Crippen molar-refractivity contribution in [2.75, 3.05) is 42.7 Å². The number of amides is 1. The smallest absolute Gasteiger partial charge is 0.220 e. The van der Waals surface area contributed by atoms with Crippen LogP contribution in [0.1, 0.15) is 17.7 Å². The van der Waals surface area contributed by atoms with Gasteiger partial charge in [-0.15, -0.1) is 0 Å². The number of para-hydroxylation sites is 1. The number of methoxy groups -OCH3 is 6. The van der Waals surface area contributed by atoms with Crippen LogP contribution >= 0.6 is 0 Å². The molecule has 0 radical (unpaired) electrons. The molecule has 224 valence electrons. The van der Waals surface area contributed by atoms with E-state index in [4.69, 9.17) is 33.4 Å². The molecule has 10 heteroatoms. The molecule has 0 unspecified atom stereocenters. The van der Waals surface area contributed by atoms with Gasteiger partial charge in [0.25, 0.3) is 0 Å². The molecule has 0 bridgehead atoms. The third kappa shape index (κ3) is 5.81. The molecule has 2 aromatic heterocycles. The molecule has 0 saturated heterocycles. The van der Waals surface area contributed by atoms with E-state index < -0.39 is 0 Å². The van der Waals surface area contributed by atoms with E-state index in [1.54, 1.807) is 42.7 Å². The summed E-state index contributed by atoms with van der Waals surface area (Å²) in [6, 6.07) is 17.5. The third-order valence-corrected chi connectivity index (χ3v) is 7.32. The summed E-state index contributed by atoms with van der Waals surface area (Å²) in [6.07, 6.45) is 0.766. The van der Waals surface area contributed by atoms with Gasteiger partial charge in [0.1, 0.15) is 0 Å². The molecule has 0 fully saturated rings. The molecule has 5 rings (SSSR count). The van der Waals surface area contributed by atoms with Gasteiger partial charge in [0.2, 0.25) is 17.4 Å². The number of pyridine rings is 1. The van der Waals surface area contributed by atoms with Crippen molar-refractivity contribution in [2.45, 2.75) is 19.4 Å². The fourth-order valence-corrected chi connectivity index (χ4v) is 5.23. The Morgan fingerprint density at radius 2 is 1.33 bits per heavy atom. The largest absolute Gasteiger partial charge is 0.493 e. The monoisotopic (exact) mass is 585 g/mol. The van der Waals surface area contributed by atoms with Crippen LogP contribution in [0, 0.1) is 0 Å². The number of H-pyrrole nitrogens is 1. The minimum absolute atomic E-state index is 0.107. The summed E-state index contributed by atoms with van der Waals surface area (Å²) in [5, 5.41) is 5.08. The number of carbonyl (C=O) groups is 1. The van der Waals surface area contributed by atoms with Gasteiger partial charge in [-0.2, -0.15) is 0 Å². The van der Waals surface area contributed by atoms with E-state index in [2.05, 4.69) is 16.4 Å². The topological polar surface area (TPSA) is 113 Å². The molecule has 43 heavy (non-hydrogen) atoms. The molecule has 3 aromatic carbocycles. The van der Waals surface area contributed by atoms with E-state index in [0.29, 0.717) is 52.3 Å². The van der Waals surface area contributed by atoms with Gasteiger partial charge in [0.05, 0.1) is 66.1 Å². The van der Waals surface area contributed by atoms with Crippen LogP contribution in [-0.4, -0.2) is 58.5 Å². The number of hydrogen-bond donors (Lipinski definition) is 2. The van der Waals surface area contributed by atoms with Crippen LogP contribution in [0.15, 0.2) is 54.6 Å². The van der Waals surface area contributed by atoms with E-state index in [9.17, 15) is 4.79 Å². The molecule has 0 saturated carbocycles. The molecule has 1 amide bonds. The highest BCUT2D eigenvalue weighted by Crippen LogP contribution is 2.43. The number of aromatic amines is 1. The van der Waals surface area contributed by atoms with Gasteiger partial charge in [0, 0.05) is 28.3 Å². The number of fused-ring (bicyclic) bond motifs is 3. The van der Waals surface area contributed by atoms with Gasteiger partial charge in [0.15, 0.2) is 23.0 Å². The first-order chi connectivity index (χ1) is 20.9. The summed E-state index contributed by atoms with van der Waals surface area (Å²) in [7, 11) is 9.42. The SMILES string of the molecule is COc1cc(CCC(=O)NCc2cc3c([nH]c4ccccc43)c(-c3cc(OC)c(OC)c(OC)c3)n2)cc(OC)c1OC.